The molecule has 2 heterocycles. The van der Waals surface area contributed by atoms with Crippen LogP contribution in [-0.2, 0) is 6.54 Å². The van der Waals surface area contributed by atoms with Gasteiger partial charge in [-0.25, -0.2) is 4.68 Å². The third-order valence-electron chi connectivity index (χ3n) is 4.89. The number of aromatic nitrogens is 4. The average Bonchev–Trinajstić information content (AvgIpc) is 3.00. The van der Waals surface area contributed by atoms with Crippen molar-refractivity contribution in [1.29, 1.82) is 0 Å². The molecule has 130 valence electrons. The van der Waals surface area contributed by atoms with Crippen molar-refractivity contribution < 1.29 is 9.80 Å². The van der Waals surface area contributed by atoms with Gasteiger partial charge in [0.1, 0.15) is 32.2 Å². The lowest BCUT2D eigenvalue weighted by atomic mass is 10.1. The van der Waals surface area contributed by atoms with E-state index in [1.165, 1.54) is 32.6 Å². The van der Waals surface area contributed by atoms with Gasteiger partial charge in [-0.1, -0.05) is 33.8 Å². The van der Waals surface area contributed by atoms with Crippen LogP contribution < -0.4 is 9.80 Å². The zero-order valence-electron chi connectivity index (χ0n) is 15.1. The van der Waals surface area contributed by atoms with Crippen LogP contribution in [0.5, 0.6) is 0 Å². The lowest BCUT2D eigenvalue weighted by Gasteiger charge is -2.33. The molecule has 1 aliphatic heterocycles. The standard InChI is InChI=1S/C17H32N6/c1-5-7-16(22-13-11-21(9-6-2)12-14-22)17-18-19-20-23(17)10-8-15(3)4/h6,15-16H,2,5,7-14H2,1,3-4H3/p+2/t16-/m0/s1. The molecule has 0 bridgehead atoms. The zero-order chi connectivity index (χ0) is 16.7. The molecule has 1 atom stereocenters. The van der Waals surface area contributed by atoms with Gasteiger partial charge in [-0.3, -0.25) is 0 Å². The van der Waals surface area contributed by atoms with Gasteiger partial charge in [-0.2, -0.15) is 0 Å². The molecule has 0 saturated carbocycles. The highest BCUT2D eigenvalue weighted by Gasteiger charge is 2.33. The van der Waals surface area contributed by atoms with E-state index in [0.717, 1.165) is 31.8 Å². The van der Waals surface area contributed by atoms with E-state index in [2.05, 4.69) is 47.6 Å². The maximum absolute atomic E-state index is 4.40. The van der Waals surface area contributed by atoms with Crippen LogP contribution in [0.4, 0.5) is 0 Å². The summed E-state index contributed by atoms with van der Waals surface area (Å²) in [6.07, 6.45) is 5.50. The van der Waals surface area contributed by atoms with Crippen molar-refractivity contribution in [1.82, 2.24) is 20.2 Å². The first-order chi connectivity index (χ1) is 11.2. The first kappa shape index (κ1) is 18.1. The van der Waals surface area contributed by atoms with E-state index < -0.39 is 0 Å². The van der Waals surface area contributed by atoms with Gasteiger partial charge in [0.25, 0.3) is 0 Å². The van der Waals surface area contributed by atoms with Crippen molar-refractivity contribution in [2.45, 2.75) is 52.6 Å². The minimum absolute atomic E-state index is 0.437. The van der Waals surface area contributed by atoms with Crippen LogP contribution in [0.25, 0.3) is 0 Å². The molecule has 2 rings (SSSR count). The predicted molar refractivity (Wildman–Crippen MR) is 91.4 cm³/mol. The second-order valence-electron chi connectivity index (χ2n) is 7.19. The SMILES string of the molecule is C=CC[NH+]1CC[NH+]([C@@H](CCC)c2nnnn2CCC(C)C)CC1. The Bertz CT molecular complexity index is 461. The summed E-state index contributed by atoms with van der Waals surface area (Å²) in [5.74, 6) is 1.77. The third kappa shape index (κ3) is 5.11. The molecule has 1 aromatic rings. The van der Waals surface area contributed by atoms with Crippen LogP contribution in [0, 0.1) is 5.92 Å². The fourth-order valence-corrected chi connectivity index (χ4v) is 3.49. The molecule has 1 aromatic heterocycles. The highest BCUT2D eigenvalue weighted by Crippen LogP contribution is 2.13. The van der Waals surface area contributed by atoms with E-state index >= 15 is 0 Å². The molecular weight excluding hydrogens is 288 g/mol. The zero-order valence-corrected chi connectivity index (χ0v) is 15.1. The Morgan fingerprint density at radius 1 is 1.22 bits per heavy atom. The topological polar surface area (TPSA) is 52.5 Å². The van der Waals surface area contributed by atoms with Crippen LogP contribution in [0.1, 0.15) is 51.9 Å². The highest BCUT2D eigenvalue weighted by molar-refractivity contribution is 4.87. The number of quaternary nitrogens is 2. The summed E-state index contributed by atoms with van der Waals surface area (Å²) in [5.41, 5.74) is 0. The van der Waals surface area contributed by atoms with E-state index in [4.69, 9.17) is 0 Å². The fourth-order valence-electron chi connectivity index (χ4n) is 3.49. The van der Waals surface area contributed by atoms with Crippen LogP contribution in [0.3, 0.4) is 0 Å². The first-order valence-electron chi connectivity index (χ1n) is 9.20. The molecule has 23 heavy (non-hydrogen) atoms. The van der Waals surface area contributed by atoms with Gasteiger partial charge in [-0.05, 0) is 28.8 Å². The summed E-state index contributed by atoms with van der Waals surface area (Å²) in [6.45, 7) is 17.5. The van der Waals surface area contributed by atoms with Gasteiger partial charge < -0.3 is 9.80 Å². The number of piperazine rings is 1. The predicted octanol–water partition coefficient (Wildman–Crippen LogP) is -0.470. The summed E-state index contributed by atoms with van der Waals surface area (Å²) >= 11 is 0. The lowest BCUT2D eigenvalue weighted by Crippen LogP contribution is -3.28. The molecule has 0 unspecified atom stereocenters. The normalized spacial score (nSPS) is 23.1. The molecule has 1 aliphatic rings. The van der Waals surface area contributed by atoms with Crippen molar-refractivity contribution >= 4 is 0 Å². The van der Waals surface area contributed by atoms with E-state index in [1.54, 1.807) is 9.80 Å². The molecule has 0 aliphatic carbocycles. The third-order valence-corrected chi connectivity index (χ3v) is 4.89. The van der Waals surface area contributed by atoms with Crippen molar-refractivity contribution in [2.75, 3.05) is 32.7 Å². The van der Waals surface area contributed by atoms with E-state index in [0.29, 0.717) is 12.0 Å². The summed E-state index contributed by atoms with van der Waals surface area (Å²) in [5, 5.41) is 12.6. The molecule has 0 radical (unpaired) electrons. The van der Waals surface area contributed by atoms with Crippen LogP contribution in [0.15, 0.2) is 12.7 Å². The Hall–Kier alpha value is -1.27. The maximum atomic E-state index is 4.40. The largest absolute Gasteiger partial charge is 0.322 e. The maximum Gasteiger partial charge on any atom is 0.209 e. The quantitative estimate of drug-likeness (QED) is 0.605. The average molecular weight is 323 g/mol. The fraction of sp³-hybridized carbons (Fsp3) is 0.824. The summed E-state index contributed by atoms with van der Waals surface area (Å²) < 4.78 is 2.05. The number of hydrogen-bond donors (Lipinski definition) is 2. The van der Waals surface area contributed by atoms with Gasteiger partial charge >= 0.3 is 0 Å². The number of aryl methyl sites for hydroxylation is 1. The van der Waals surface area contributed by atoms with E-state index in [1.807, 2.05) is 6.08 Å². The van der Waals surface area contributed by atoms with Crippen LogP contribution in [0.2, 0.25) is 0 Å². The number of rotatable bonds is 9. The first-order valence-corrected chi connectivity index (χ1v) is 9.20. The summed E-state index contributed by atoms with van der Waals surface area (Å²) in [4.78, 5) is 3.30. The molecule has 1 saturated heterocycles. The minimum atomic E-state index is 0.437. The molecule has 6 nitrogen and oxygen atoms in total. The molecule has 0 spiro atoms. The smallest absolute Gasteiger partial charge is 0.209 e. The molecule has 2 N–H and O–H groups in total. The minimum Gasteiger partial charge on any atom is -0.322 e. The van der Waals surface area contributed by atoms with Crippen molar-refractivity contribution in [2.24, 2.45) is 5.92 Å². The Morgan fingerprint density at radius 2 is 1.96 bits per heavy atom. The van der Waals surface area contributed by atoms with Gasteiger partial charge in [0, 0.05) is 13.0 Å². The molecule has 6 heteroatoms. The molecule has 1 fully saturated rings. The monoisotopic (exact) mass is 322 g/mol. The van der Waals surface area contributed by atoms with Gasteiger partial charge in [0.15, 0.2) is 0 Å². The van der Waals surface area contributed by atoms with Crippen LogP contribution in [-0.4, -0.2) is 52.9 Å². The van der Waals surface area contributed by atoms with Crippen molar-refractivity contribution in [3.05, 3.63) is 18.5 Å². The van der Waals surface area contributed by atoms with Gasteiger partial charge in [0.2, 0.25) is 5.82 Å². The van der Waals surface area contributed by atoms with Gasteiger partial charge in [0.05, 0.1) is 6.54 Å². The highest BCUT2D eigenvalue weighted by atomic mass is 15.5. The second-order valence-corrected chi connectivity index (χ2v) is 7.19. The number of nitrogens with zero attached hydrogens (tertiary/aromatic N) is 4. The van der Waals surface area contributed by atoms with E-state index in [9.17, 15) is 0 Å². The Morgan fingerprint density at radius 3 is 2.57 bits per heavy atom. The lowest BCUT2D eigenvalue weighted by molar-refractivity contribution is -1.03. The molecular formula is C17H34N6+2. The van der Waals surface area contributed by atoms with Crippen LogP contribution >= 0.6 is 0 Å². The van der Waals surface area contributed by atoms with Gasteiger partial charge in [-0.15, -0.1) is 5.10 Å². The molecule has 0 aromatic carbocycles. The Labute approximate surface area is 140 Å². The number of hydrogen-bond acceptors (Lipinski definition) is 3. The van der Waals surface area contributed by atoms with Crippen molar-refractivity contribution in [3.8, 4) is 0 Å². The Balaban J connectivity index is 2.04. The van der Waals surface area contributed by atoms with Crippen molar-refractivity contribution in [3.63, 3.8) is 0 Å². The van der Waals surface area contributed by atoms with E-state index in [-0.39, 0.29) is 0 Å². The second kappa shape index (κ2) is 9.13. The molecule has 0 amide bonds. The summed E-state index contributed by atoms with van der Waals surface area (Å²) in [6, 6.07) is 0.437. The number of nitrogens with one attached hydrogen (secondary N) is 2. The summed E-state index contributed by atoms with van der Waals surface area (Å²) in [7, 11) is 0. The number of tetrazole rings is 1. The Kier molecular flexibility index (Phi) is 7.17.